The maximum atomic E-state index is 12.5. The molecule has 1 N–H and O–H groups in total. The number of ether oxygens (including phenoxy) is 2. The van der Waals surface area contributed by atoms with Crippen molar-refractivity contribution in [1.82, 2.24) is 15.4 Å². The lowest BCUT2D eigenvalue weighted by Gasteiger charge is -2.15. The van der Waals surface area contributed by atoms with Gasteiger partial charge in [-0.1, -0.05) is 11.2 Å². The van der Waals surface area contributed by atoms with Crippen LogP contribution >= 0.6 is 0 Å². The number of likely N-dealkylation sites (tertiary alicyclic amines) is 1. The molecule has 1 atom stereocenters. The molecule has 2 amide bonds. The Balaban J connectivity index is 1.59. The number of benzene rings is 1. The molecular formula is C19H23N3O5. The fraction of sp³-hybridized carbons (Fsp3) is 0.421. The Labute approximate surface area is 157 Å². The van der Waals surface area contributed by atoms with Crippen LogP contribution in [-0.2, 0) is 11.4 Å². The lowest BCUT2D eigenvalue weighted by Crippen LogP contribution is -2.37. The third kappa shape index (κ3) is 4.58. The summed E-state index contributed by atoms with van der Waals surface area (Å²) in [5.74, 6) is 1.35. The van der Waals surface area contributed by atoms with Crippen LogP contribution in [-0.4, -0.2) is 48.1 Å². The van der Waals surface area contributed by atoms with Crippen molar-refractivity contribution in [3.8, 4) is 11.5 Å². The maximum Gasteiger partial charge on any atom is 0.276 e. The van der Waals surface area contributed by atoms with Crippen molar-refractivity contribution >= 4 is 11.8 Å². The molecule has 0 radical (unpaired) electrons. The van der Waals surface area contributed by atoms with Crippen LogP contribution in [0.15, 0.2) is 28.8 Å². The van der Waals surface area contributed by atoms with Gasteiger partial charge in [0.05, 0.1) is 7.11 Å². The Hall–Kier alpha value is -3.03. The second-order valence-corrected chi connectivity index (χ2v) is 6.56. The molecule has 1 aromatic heterocycles. The highest BCUT2D eigenvalue weighted by Gasteiger charge is 2.29. The quantitative estimate of drug-likeness (QED) is 0.831. The summed E-state index contributed by atoms with van der Waals surface area (Å²) in [6.45, 7) is 4.61. The van der Waals surface area contributed by atoms with Crippen LogP contribution in [0.3, 0.4) is 0 Å². The summed E-state index contributed by atoms with van der Waals surface area (Å²) in [5, 5.41) is 6.68. The normalized spacial score (nSPS) is 16.3. The summed E-state index contributed by atoms with van der Waals surface area (Å²) in [6.07, 6.45) is 0.729. The first kappa shape index (κ1) is 18.8. The summed E-state index contributed by atoms with van der Waals surface area (Å²) < 4.78 is 16.2. The predicted octanol–water partition coefficient (Wildman–Crippen LogP) is 1.92. The van der Waals surface area contributed by atoms with Gasteiger partial charge in [-0.25, -0.2) is 0 Å². The molecule has 144 valence electrons. The van der Waals surface area contributed by atoms with Crippen molar-refractivity contribution in [1.29, 1.82) is 0 Å². The SMILES string of the molecule is COc1cc(C)ccc1OCc1cc(C(=O)N2CCC(NC(C)=O)C2)no1. The van der Waals surface area contributed by atoms with Crippen LogP contribution < -0.4 is 14.8 Å². The first-order chi connectivity index (χ1) is 13.0. The van der Waals surface area contributed by atoms with Crippen molar-refractivity contribution in [3.63, 3.8) is 0 Å². The van der Waals surface area contributed by atoms with Crippen molar-refractivity contribution < 1.29 is 23.6 Å². The summed E-state index contributed by atoms with van der Waals surface area (Å²) in [7, 11) is 1.58. The van der Waals surface area contributed by atoms with E-state index in [0.29, 0.717) is 30.3 Å². The number of carbonyl (C=O) groups is 2. The average Bonchev–Trinajstić information content (AvgIpc) is 3.29. The molecule has 1 aromatic carbocycles. The first-order valence-corrected chi connectivity index (χ1v) is 8.75. The van der Waals surface area contributed by atoms with Gasteiger partial charge in [-0.15, -0.1) is 0 Å². The largest absolute Gasteiger partial charge is 0.493 e. The fourth-order valence-corrected chi connectivity index (χ4v) is 3.04. The first-order valence-electron chi connectivity index (χ1n) is 8.75. The van der Waals surface area contributed by atoms with Gasteiger partial charge in [0.25, 0.3) is 5.91 Å². The van der Waals surface area contributed by atoms with Crippen molar-refractivity contribution in [2.24, 2.45) is 0 Å². The molecule has 1 fully saturated rings. The predicted molar refractivity (Wildman–Crippen MR) is 96.7 cm³/mol. The molecule has 8 heteroatoms. The fourth-order valence-electron chi connectivity index (χ4n) is 3.04. The zero-order chi connectivity index (χ0) is 19.4. The number of aryl methyl sites for hydroxylation is 1. The summed E-state index contributed by atoms with van der Waals surface area (Å²) >= 11 is 0. The van der Waals surface area contributed by atoms with Gasteiger partial charge in [0.15, 0.2) is 23.0 Å². The van der Waals surface area contributed by atoms with E-state index in [-0.39, 0.29) is 30.2 Å². The number of nitrogens with one attached hydrogen (secondary N) is 1. The maximum absolute atomic E-state index is 12.5. The van der Waals surface area contributed by atoms with E-state index in [9.17, 15) is 9.59 Å². The minimum absolute atomic E-state index is 0.0184. The van der Waals surface area contributed by atoms with Crippen LogP contribution in [0.2, 0.25) is 0 Å². The highest BCUT2D eigenvalue weighted by Crippen LogP contribution is 2.28. The summed E-state index contributed by atoms with van der Waals surface area (Å²) in [4.78, 5) is 25.3. The summed E-state index contributed by atoms with van der Waals surface area (Å²) in [6, 6.07) is 7.18. The molecule has 0 bridgehead atoms. The monoisotopic (exact) mass is 373 g/mol. The van der Waals surface area contributed by atoms with Crippen LogP contribution in [0.5, 0.6) is 11.5 Å². The Morgan fingerprint density at radius 2 is 2.15 bits per heavy atom. The van der Waals surface area contributed by atoms with E-state index >= 15 is 0 Å². The van der Waals surface area contributed by atoms with Crippen LogP contribution in [0.1, 0.15) is 35.2 Å². The van der Waals surface area contributed by atoms with E-state index in [4.69, 9.17) is 14.0 Å². The average molecular weight is 373 g/mol. The van der Waals surface area contributed by atoms with E-state index in [1.165, 1.54) is 6.92 Å². The third-order valence-electron chi connectivity index (χ3n) is 4.35. The lowest BCUT2D eigenvalue weighted by atomic mass is 10.2. The number of carbonyl (C=O) groups excluding carboxylic acids is 2. The molecular weight excluding hydrogens is 350 g/mol. The number of hydrogen-bond donors (Lipinski definition) is 1. The molecule has 27 heavy (non-hydrogen) atoms. The molecule has 2 heterocycles. The minimum atomic E-state index is -0.217. The second-order valence-electron chi connectivity index (χ2n) is 6.56. The van der Waals surface area contributed by atoms with E-state index in [1.54, 1.807) is 18.1 Å². The number of methoxy groups -OCH3 is 1. The van der Waals surface area contributed by atoms with E-state index in [2.05, 4.69) is 10.5 Å². The molecule has 1 saturated heterocycles. The van der Waals surface area contributed by atoms with E-state index in [0.717, 1.165) is 12.0 Å². The van der Waals surface area contributed by atoms with Gasteiger partial charge in [0.1, 0.15) is 6.61 Å². The number of rotatable bonds is 6. The lowest BCUT2D eigenvalue weighted by molar-refractivity contribution is -0.119. The summed E-state index contributed by atoms with van der Waals surface area (Å²) in [5.41, 5.74) is 1.29. The Bertz CT molecular complexity index is 833. The van der Waals surface area contributed by atoms with Gasteiger partial charge in [0, 0.05) is 32.1 Å². The number of nitrogens with zero attached hydrogens (tertiary/aromatic N) is 2. The molecule has 1 aliphatic heterocycles. The highest BCUT2D eigenvalue weighted by atomic mass is 16.5. The molecule has 8 nitrogen and oxygen atoms in total. The molecule has 1 unspecified atom stereocenters. The number of amides is 2. The zero-order valence-electron chi connectivity index (χ0n) is 15.7. The topological polar surface area (TPSA) is 93.9 Å². The van der Waals surface area contributed by atoms with Crippen molar-refractivity contribution in [2.75, 3.05) is 20.2 Å². The third-order valence-corrected chi connectivity index (χ3v) is 4.35. The molecule has 0 aliphatic carbocycles. The Morgan fingerprint density at radius 3 is 2.89 bits per heavy atom. The molecule has 0 spiro atoms. The minimum Gasteiger partial charge on any atom is -0.493 e. The molecule has 3 rings (SSSR count). The van der Waals surface area contributed by atoms with Gasteiger partial charge < -0.3 is 24.2 Å². The van der Waals surface area contributed by atoms with Crippen molar-refractivity contribution in [2.45, 2.75) is 32.9 Å². The van der Waals surface area contributed by atoms with Gasteiger partial charge in [-0.2, -0.15) is 0 Å². The molecule has 2 aromatic rings. The number of aromatic nitrogens is 1. The van der Waals surface area contributed by atoms with Crippen molar-refractivity contribution in [3.05, 3.63) is 41.3 Å². The standard InChI is InChI=1S/C19H23N3O5/c1-12-4-5-17(18(8-12)25-3)26-11-15-9-16(21-27-15)19(24)22-7-6-14(10-22)20-13(2)23/h4-5,8-9,14H,6-7,10-11H2,1-3H3,(H,20,23). The zero-order valence-corrected chi connectivity index (χ0v) is 15.7. The van der Waals surface area contributed by atoms with E-state index in [1.807, 2.05) is 25.1 Å². The van der Waals surface area contributed by atoms with Crippen LogP contribution in [0, 0.1) is 6.92 Å². The van der Waals surface area contributed by atoms with Gasteiger partial charge in [0.2, 0.25) is 5.91 Å². The number of hydrogen-bond acceptors (Lipinski definition) is 6. The van der Waals surface area contributed by atoms with Gasteiger partial charge in [-0.05, 0) is 31.0 Å². The Kier molecular flexibility index (Phi) is 5.63. The molecule has 1 aliphatic rings. The smallest absolute Gasteiger partial charge is 0.276 e. The van der Waals surface area contributed by atoms with Gasteiger partial charge >= 0.3 is 0 Å². The second kappa shape index (κ2) is 8.11. The van der Waals surface area contributed by atoms with Crippen LogP contribution in [0.4, 0.5) is 0 Å². The highest BCUT2D eigenvalue weighted by molar-refractivity contribution is 5.92. The van der Waals surface area contributed by atoms with Gasteiger partial charge in [-0.3, -0.25) is 9.59 Å². The Morgan fingerprint density at radius 1 is 1.33 bits per heavy atom. The molecule has 0 saturated carbocycles. The van der Waals surface area contributed by atoms with E-state index < -0.39 is 0 Å². The van der Waals surface area contributed by atoms with Crippen LogP contribution in [0.25, 0.3) is 0 Å².